The first kappa shape index (κ1) is 20.7. The van der Waals surface area contributed by atoms with Crippen molar-refractivity contribution in [1.29, 1.82) is 0 Å². The van der Waals surface area contributed by atoms with Gasteiger partial charge in [-0.2, -0.15) is 0 Å². The van der Waals surface area contributed by atoms with Crippen molar-refractivity contribution >= 4 is 25.3 Å². The predicted molar refractivity (Wildman–Crippen MR) is 109 cm³/mol. The maximum Gasteiger partial charge on any atom is 0.407 e. The topological polar surface area (TPSA) is 64.6 Å². The molecule has 2 aromatic rings. The molecule has 0 heterocycles. The molecular formula is C21H27NO4Si. The molecule has 1 amide bonds. The largest absolute Gasteiger partial charge is 0.467 e. The second-order valence-corrected chi connectivity index (χ2v) is 11.5. The van der Waals surface area contributed by atoms with Crippen molar-refractivity contribution in [3.8, 4) is 0 Å². The molecule has 2 aromatic carbocycles. The second-order valence-electron chi connectivity index (χ2n) is 6.84. The lowest BCUT2D eigenvalue weighted by molar-refractivity contribution is -0.143. The van der Waals surface area contributed by atoms with E-state index >= 15 is 0 Å². The third-order valence-corrected chi connectivity index (χ3v) is 8.83. The third kappa shape index (κ3) is 4.98. The first-order chi connectivity index (χ1) is 12.9. The molecule has 0 aliphatic heterocycles. The summed E-state index contributed by atoms with van der Waals surface area (Å²) < 4.78 is 10.1. The average Bonchev–Trinajstić information content (AvgIpc) is 2.68. The van der Waals surface area contributed by atoms with Crippen molar-refractivity contribution in [2.75, 3.05) is 13.7 Å². The zero-order valence-corrected chi connectivity index (χ0v) is 17.3. The van der Waals surface area contributed by atoms with Gasteiger partial charge in [-0.15, -0.1) is 0 Å². The number of methoxy groups -OCH3 is 1. The molecule has 2 atom stereocenters. The Morgan fingerprint density at radius 3 is 2.07 bits per heavy atom. The Morgan fingerprint density at radius 2 is 1.56 bits per heavy atom. The minimum absolute atomic E-state index is 0.224. The van der Waals surface area contributed by atoms with Gasteiger partial charge >= 0.3 is 12.1 Å². The van der Waals surface area contributed by atoms with Crippen molar-refractivity contribution in [1.82, 2.24) is 5.32 Å². The number of alkyl carbamates (subject to hydrolysis) is 1. The molecule has 2 rings (SSSR count). The number of benzene rings is 2. The standard InChI is InChI=1S/C21H27NO4Si/c1-5-26-21(24)22-18(20(23)25-2)19(16-12-8-6-9-13-16)27(3,4)17-14-10-7-11-15-17/h6-15,18-19H,5H2,1-4H3,(H,22,24)/t18-,19+/m1/s1. The lowest BCUT2D eigenvalue weighted by Gasteiger charge is -2.37. The molecule has 0 saturated carbocycles. The van der Waals surface area contributed by atoms with Gasteiger partial charge < -0.3 is 14.8 Å². The summed E-state index contributed by atoms with van der Waals surface area (Å²) in [6, 6.07) is 19.1. The van der Waals surface area contributed by atoms with E-state index < -0.39 is 26.2 Å². The number of esters is 1. The molecule has 144 valence electrons. The molecule has 1 N–H and O–H groups in total. The van der Waals surface area contributed by atoms with Crippen molar-refractivity contribution in [2.45, 2.75) is 31.6 Å². The van der Waals surface area contributed by atoms with Crippen LogP contribution in [-0.2, 0) is 14.3 Å². The number of amides is 1. The van der Waals surface area contributed by atoms with Crippen molar-refractivity contribution < 1.29 is 19.1 Å². The minimum Gasteiger partial charge on any atom is -0.467 e. The molecule has 0 fully saturated rings. The zero-order valence-electron chi connectivity index (χ0n) is 16.3. The first-order valence-corrected chi connectivity index (χ1v) is 12.1. The lowest BCUT2D eigenvalue weighted by Crippen LogP contribution is -2.58. The molecule has 0 spiro atoms. The van der Waals surface area contributed by atoms with Crippen LogP contribution in [0.3, 0.4) is 0 Å². The van der Waals surface area contributed by atoms with Gasteiger partial charge in [0.05, 0.1) is 21.8 Å². The molecule has 5 nitrogen and oxygen atoms in total. The second kappa shape index (κ2) is 9.37. The van der Waals surface area contributed by atoms with E-state index in [0.29, 0.717) is 0 Å². The molecular weight excluding hydrogens is 358 g/mol. The van der Waals surface area contributed by atoms with Crippen molar-refractivity contribution in [3.63, 3.8) is 0 Å². The monoisotopic (exact) mass is 385 g/mol. The molecule has 6 heteroatoms. The number of nitrogens with one attached hydrogen (secondary N) is 1. The Morgan fingerprint density at radius 1 is 1.00 bits per heavy atom. The van der Waals surface area contributed by atoms with Crippen LogP contribution in [0, 0.1) is 0 Å². The molecule has 0 saturated heterocycles. The fourth-order valence-electron chi connectivity index (χ4n) is 3.44. The normalized spacial score (nSPS) is 13.3. The van der Waals surface area contributed by atoms with E-state index in [-0.39, 0.29) is 12.1 Å². The quantitative estimate of drug-likeness (QED) is 0.587. The van der Waals surface area contributed by atoms with E-state index in [0.717, 1.165) is 5.56 Å². The SMILES string of the molecule is CCOC(=O)N[C@@H](C(=O)OC)[C@H](c1ccccc1)[Si](C)(C)c1ccccc1. The van der Waals surface area contributed by atoms with Crippen LogP contribution < -0.4 is 10.5 Å². The average molecular weight is 386 g/mol. The summed E-state index contributed by atoms with van der Waals surface area (Å²) in [5.41, 5.74) is 0.767. The maximum absolute atomic E-state index is 12.7. The van der Waals surface area contributed by atoms with E-state index in [1.54, 1.807) is 6.92 Å². The van der Waals surface area contributed by atoms with Gasteiger partial charge in [-0.1, -0.05) is 78.9 Å². The van der Waals surface area contributed by atoms with Crippen LogP contribution in [0.25, 0.3) is 0 Å². The Balaban J connectivity index is 2.55. The molecule has 27 heavy (non-hydrogen) atoms. The third-order valence-electron chi connectivity index (χ3n) is 4.79. The van der Waals surface area contributed by atoms with Gasteiger partial charge in [-0.25, -0.2) is 9.59 Å². The Hall–Kier alpha value is -2.60. The van der Waals surface area contributed by atoms with Gasteiger partial charge in [0.15, 0.2) is 0 Å². The fraction of sp³-hybridized carbons (Fsp3) is 0.333. The van der Waals surface area contributed by atoms with E-state index in [2.05, 4.69) is 30.5 Å². The van der Waals surface area contributed by atoms with Crippen LogP contribution in [-0.4, -0.2) is 39.9 Å². The maximum atomic E-state index is 12.7. The van der Waals surface area contributed by atoms with E-state index in [9.17, 15) is 9.59 Å². The highest BCUT2D eigenvalue weighted by Crippen LogP contribution is 2.31. The highest BCUT2D eigenvalue weighted by molar-refractivity contribution is 6.91. The molecule has 0 radical (unpaired) electrons. The Bertz CT molecular complexity index is 749. The van der Waals surface area contributed by atoms with E-state index in [1.807, 2.05) is 48.5 Å². The molecule has 0 aliphatic rings. The number of hydrogen-bond acceptors (Lipinski definition) is 4. The minimum atomic E-state index is -2.25. The fourth-order valence-corrected chi connectivity index (χ4v) is 6.93. The number of ether oxygens (including phenoxy) is 2. The number of carbonyl (C=O) groups is 2. The van der Waals surface area contributed by atoms with Gasteiger partial charge in [0.25, 0.3) is 0 Å². The van der Waals surface area contributed by atoms with Crippen LogP contribution in [0.15, 0.2) is 60.7 Å². The summed E-state index contributed by atoms with van der Waals surface area (Å²) >= 11 is 0. The van der Waals surface area contributed by atoms with Gasteiger partial charge in [0.2, 0.25) is 0 Å². The highest BCUT2D eigenvalue weighted by Gasteiger charge is 2.44. The van der Waals surface area contributed by atoms with Crippen LogP contribution >= 0.6 is 0 Å². The van der Waals surface area contributed by atoms with Crippen LogP contribution in [0.2, 0.25) is 13.1 Å². The number of rotatable bonds is 7. The van der Waals surface area contributed by atoms with E-state index in [4.69, 9.17) is 9.47 Å². The molecule has 0 aromatic heterocycles. The zero-order chi connectivity index (χ0) is 19.9. The molecule has 0 bridgehead atoms. The smallest absolute Gasteiger partial charge is 0.407 e. The molecule has 0 aliphatic carbocycles. The summed E-state index contributed by atoms with van der Waals surface area (Å²) in [6.07, 6.45) is -0.619. The van der Waals surface area contributed by atoms with Gasteiger partial charge in [-0.05, 0) is 12.5 Å². The van der Waals surface area contributed by atoms with Crippen LogP contribution in [0.1, 0.15) is 18.0 Å². The van der Waals surface area contributed by atoms with E-state index in [1.165, 1.54) is 12.3 Å². The number of carbonyl (C=O) groups excluding carboxylic acids is 2. The highest BCUT2D eigenvalue weighted by atomic mass is 28.3. The summed E-state index contributed by atoms with van der Waals surface area (Å²) in [7, 11) is -0.918. The van der Waals surface area contributed by atoms with Gasteiger partial charge in [0, 0.05) is 5.54 Å². The number of hydrogen-bond donors (Lipinski definition) is 1. The lowest BCUT2D eigenvalue weighted by atomic mass is 10.1. The van der Waals surface area contributed by atoms with Gasteiger partial charge in [-0.3, -0.25) is 0 Å². The van der Waals surface area contributed by atoms with Gasteiger partial charge in [0.1, 0.15) is 6.04 Å². The summed E-state index contributed by atoms with van der Waals surface area (Å²) in [6.45, 7) is 6.35. The van der Waals surface area contributed by atoms with Crippen molar-refractivity contribution in [2.24, 2.45) is 0 Å². The van der Waals surface area contributed by atoms with Crippen LogP contribution in [0.5, 0.6) is 0 Å². The molecule has 0 unspecified atom stereocenters. The Kier molecular flexibility index (Phi) is 7.18. The van der Waals surface area contributed by atoms with Crippen LogP contribution in [0.4, 0.5) is 4.79 Å². The first-order valence-electron chi connectivity index (χ1n) is 9.03. The van der Waals surface area contributed by atoms with Crippen molar-refractivity contribution in [3.05, 3.63) is 66.2 Å². The predicted octanol–water partition coefficient (Wildman–Crippen LogP) is 3.21. The summed E-state index contributed by atoms with van der Waals surface area (Å²) in [4.78, 5) is 24.8. The Labute approximate surface area is 161 Å². The summed E-state index contributed by atoms with van der Waals surface area (Å²) in [5.74, 6) is -0.478. The summed E-state index contributed by atoms with van der Waals surface area (Å²) in [5, 5.41) is 3.94.